The van der Waals surface area contributed by atoms with Crippen LogP contribution in [-0.2, 0) is 0 Å². The van der Waals surface area contributed by atoms with Gasteiger partial charge < -0.3 is 10.6 Å². The van der Waals surface area contributed by atoms with Gasteiger partial charge in [0.05, 0.1) is 17.4 Å². The minimum atomic E-state index is -0.457. The van der Waals surface area contributed by atoms with E-state index in [4.69, 9.17) is 0 Å². The van der Waals surface area contributed by atoms with Crippen molar-refractivity contribution in [1.82, 2.24) is 20.3 Å². The fourth-order valence-corrected chi connectivity index (χ4v) is 2.85. The molecule has 1 fully saturated rings. The van der Waals surface area contributed by atoms with Crippen LogP contribution in [0.2, 0.25) is 0 Å². The Balaban J connectivity index is 1.78. The maximum Gasteiger partial charge on any atom is 0.278 e. The molecule has 1 amide bonds. The molecule has 2 heterocycles. The van der Waals surface area contributed by atoms with E-state index in [0.717, 1.165) is 31.5 Å². The van der Waals surface area contributed by atoms with Crippen molar-refractivity contribution in [1.29, 1.82) is 0 Å². The molecular weight excluding hydrogens is 297 g/mol. The van der Waals surface area contributed by atoms with Gasteiger partial charge in [-0.25, -0.2) is 9.07 Å². The average molecular weight is 317 g/mol. The fraction of sp³-hybridized carbons (Fsp3) is 0.438. The first-order chi connectivity index (χ1) is 11.1. The van der Waals surface area contributed by atoms with Gasteiger partial charge in [0.1, 0.15) is 5.82 Å². The lowest BCUT2D eigenvalue weighted by Crippen LogP contribution is -2.30. The Morgan fingerprint density at radius 2 is 2.09 bits per heavy atom. The summed E-state index contributed by atoms with van der Waals surface area (Å²) in [6, 6.07) is 4.93. The summed E-state index contributed by atoms with van der Waals surface area (Å²) in [6.07, 6.45) is 1.91. The van der Waals surface area contributed by atoms with Crippen molar-refractivity contribution in [3.8, 4) is 0 Å². The van der Waals surface area contributed by atoms with E-state index in [0.29, 0.717) is 5.69 Å². The molecule has 2 N–H and O–H groups in total. The van der Waals surface area contributed by atoms with Crippen molar-refractivity contribution < 1.29 is 9.18 Å². The van der Waals surface area contributed by atoms with E-state index in [9.17, 15) is 9.18 Å². The number of rotatable bonds is 3. The maximum absolute atomic E-state index is 13.9. The molecule has 6 nitrogen and oxygen atoms in total. The second-order valence-corrected chi connectivity index (χ2v) is 5.89. The number of anilines is 1. The predicted octanol–water partition coefficient (Wildman–Crippen LogP) is 2.21. The third-order valence-electron chi connectivity index (χ3n) is 4.17. The lowest BCUT2D eigenvalue weighted by atomic mass is 10.1. The van der Waals surface area contributed by atoms with Crippen LogP contribution >= 0.6 is 0 Å². The number of hydrogen-bond acceptors (Lipinski definition) is 4. The van der Waals surface area contributed by atoms with Crippen molar-refractivity contribution in [2.75, 3.05) is 18.4 Å². The third kappa shape index (κ3) is 3.24. The van der Waals surface area contributed by atoms with Crippen molar-refractivity contribution in [2.24, 2.45) is 0 Å². The lowest BCUT2D eigenvalue weighted by molar-refractivity contribution is 0.102. The topological polar surface area (TPSA) is 71.8 Å². The van der Waals surface area contributed by atoms with E-state index < -0.39 is 11.7 Å². The number of halogens is 1. The summed E-state index contributed by atoms with van der Waals surface area (Å²) >= 11 is 0. The highest BCUT2D eigenvalue weighted by molar-refractivity contribution is 6.03. The van der Waals surface area contributed by atoms with Gasteiger partial charge >= 0.3 is 0 Å². The summed E-state index contributed by atoms with van der Waals surface area (Å²) in [6.45, 7) is 5.48. The van der Waals surface area contributed by atoms with Crippen molar-refractivity contribution in [3.05, 3.63) is 41.0 Å². The average Bonchev–Trinajstić information content (AvgIpc) is 2.92. The van der Waals surface area contributed by atoms with Crippen LogP contribution in [0.5, 0.6) is 0 Å². The summed E-state index contributed by atoms with van der Waals surface area (Å²) < 4.78 is 15.7. The number of hydrogen-bond donors (Lipinski definition) is 2. The molecule has 1 aliphatic rings. The molecule has 0 spiro atoms. The minimum Gasteiger partial charge on any atom is -0.318 e. The molecule has 0 saturated carbocycles. The van der Waals surface area contributed by atoms with Gasteiger partial charge in [-0.2, -0.15) is 0 Å². The second-order valence-electron chi connectivity index (χ2n) is 5.89. The number of aromatic nitrogens is 3. The zero-order chi connectivity index (χ0) is 16.4. The fourth-order valence-electron chi connectivity index (χ4n) is 2.85. The van der Waals surface area contributed by atoms with Crippen LogP contribution in [0, 0.1) is 19.7 Å². The van der Waals surface area contributed by atoms with Gasteiger partial charge in [-0.1, -0.05) is 11.3 Å². The molecule has 122 valence electrons. The molecule has 7 heteroatoms. The summed E-state index contributed by atoms with van der Waals surface area (Å²) in [5, 5.41) is 14.0. The summed E-state index contributed by atoms with van der Waals surface area (Å²) in [4.78, 5) is 12.4. The predicted molar refractivity (Wildman–Crippen MR) is 85.0 cm³/mol. The highest BCUT2D eigenvalue weighted by Gasteiger charge is 2.23. The first-order valence-corrected chi connectivity index (χ1v) is 7.76. The smallest absolute Gasteiger partial charge is 0.278 e. The molecule has 23 heavy (non-hydrogen) atoms. The number of carbonyl (C=O) groups excluding carboxylic acids is 1. The molecule has 1 saturated heterocycles. The van der Waals surface area contributed by atoms with Crippen molar-refractivity contribution in [3.63, 3.8) is 0 Å². The molecule has 0 radical (unpaired) electrons. The van der Waals surface area contributed by atoms with E-state index >= 15 is 0 Å². The van der Waals surface area contributed by atoms with Crippen LogP contribution in [0.1, 0.15) is 40.6 Å². The number of carbonyl (C=O) groups is 1. The van der Waals surface area contributed by atoms with Crippen molar-refractivity contribution in [2.45, 2.75) is 32.7 Å². The highest BCUT2D eigenvalue weighted by Crippen LogP contribution is 2.21. The van der Waals surface area contributed by atoms with E-state index in [1.165, 1.54) is 6.07 Å². The molecule has 1 aliphatic heterocycles. The Labute approximate surface area is 134 Å². The normalized spacial score (nSPS) is 15.6. The maximum atomic E-state index is 13.9. The number of aryl methyl sites for hydroxylation is 1. The van der Waals surface area contributed by atoms with Gasteiger partial charge in [0.15, 0.2) is 5.69 Å². The largest absolute Gasteiger partial charge is 0.318 e. The van der Waals surface area contributed by atoms with Gasteiger partial charge in [0.25, 0.3) is 5.91 Å². The van der Waals surface area contributed by atoms with Gasteiger partial charge in [-0.15, -0.1) is 5.10 Å². The third-order valence-corrected chi connectivity index (χ3v) is 4.17. The minimum absolute atomic E-state index is 0.149. The first kappa shape index (κ1) is 15.6. The molecule has 0 bridgehead atoms. The number of nitrogens with zero attached hydrogens (tertiary/aromatic N) is 3. The first-order valence-electron chi connectivity index (χ1n) is 7.76. The van der Waals surface area contributed by atoms with E-state index in [1.54, 1.807) is 23.7 Å². The van der Waals surface area contributed by atoms with Gasteiger partial charge in [0, 0.05) is 0 Å². The molecule has 0 atom stereocenters. The number of amides is 1. The summed E-state index contributed by atoms with van der Waals surface area (Å²) in [7, 11) is 0. The van der Waals surface area contributed by atoms with Crippen LogP contribution in [0.3, 0.4) is 0 Å². The van der Waals surface area contributed by atoms with Crippen LogP contribution in [0.4, 0.5) is 10.1 Å². The van der Waals surface area contributed by atoms with Gasteiger partial charge in [-0.3, -0.25) is 4.79 Å². The molecule has 2 aromatic rings. The Bertz CT molecular complexity index is 721. The Hall–Kier alpha value is -2.28. The summed E-state index contributed by atoms with van der Waals surface area (Å²) in [5.41, 5.74) is 1.90. The SMILES string of the molecule is Cc1ccc(NC(=O)c2nnn(C3CCNCC3)c2C)c(F)c1. The number of piperidine rings is 1. The van der Waals surface area contributed by atoms with Crippen LogP contribution < -0.4 is 10.6 Å². The highest BCUT2D eigenvalue weighted by atomic mass is 19.1. The summed E-state index contributed by atoms with van der Waals surface area (Å²) in [5.74, 6) is -0.896. The molecule has 3 rings (SSSR count). The zero-order valence-electron chi connectivity index (χ0n) is 13.3. The van der Waals surface area contributed by atoms with E-state index in [2.05, 4.69) is 20.9 Å². The van der Waals surface area contributed by atoms with Crippen LogP contribution in [0.15, 0.2) is 18.2 Å². The monoisotopic (exact) mass is 317 g/mol. The second kappa shape index (κ2) is 6.45. The van der Waals surface area contributed by atoms with Gasteiger partial charge in [0.2, 0.25) is 0 Å². The van der Waals surface area contributed by atoms with E-state index in [1.807, 2.05) is 6.92 Å². The standard InChI is InChI=1S/C16H20FN5O/c1-10-3-4-14(13(17)9-10)19-16(23)15-11(2)22(21-20-15)12-5-7-18-8-6-12/h3-4,9,12,18H,5-8H2,1-2H3,(H,19,23). The van der Waals surface area contributed by atoms with E-state index in [-0.39, 0.29) is 17.4 Å². The quantitative estimate of drug-likeness (QED) is 0.910. The number of nitrogens with one attached hydrogen (secondary N) is 2. The molecule has 0 aliphatic carbocycles. The van der Waals surface area contributed by atoms with Gasteiger partial charge in [-0.05, 0) is 57.5 Å². The Morgan fingerprint density at radius 1 is 1.35 bits per heavy atom. The molecule has 0 unspecified atom stereocenters. The number of benzene rings is 1. The van der Waals surface area contributed by atoms with Crippen LogP contribution in [-0.4, -0.2) is 34.0 Å². The molecular formula is C16H20FN5O. The zero-order valence-corrected chi connectivity index (χ0v) is 13.3. The van der Waals surface area contributed by atoms with Crippen LogP contribution in [0.25, 0.3) is 0 Å². The molecule has 1 aromatic carbocycles. The Morgan fingerprint density at radius 3 is 2.78 bits per heavy atom. The Kier molecular flexibility index (Phi) is 4.38. The molecule has 1 aromatic heterocycles. The van der Waals surface area contributed by atoms with Crippen molar-refractivity contribution >= 4 is 11.6 Å². The lowest BCUT2D eigenvalue weighted by Gasteiger charge is -2.23.